The van der Waals surface area contributed by atoms with Gasteiger partial charge in [-0.3, -0.25) is 14.4 Å². The normalized spacial score (nSPS) is 22.4. The lowest BCUT2D eigenvalue weighted by molar-refractivity contribution is -0.135. The van der Waals surface area contributed by atoms with Crippen molar-refractivity contribution < 1.29 is 19.5 Å². The molecule has 2 N–H and O–H groups in total. The summed E-state index contributed by atoms with van der Waals surface area (Å²) in [5.41, 5.74) is 0. The molecular weight excluding hydrogens is 262 g/mol. The molecule has 2 rings (SSSR count). The average Bonchev–Trinajstić information content (AvgIpc) is 3.05. The Morgan fingerprint density at radius 1 is 1.30 bits per heavy atom. The minimum absolute atomic E-state index is 0.00800. The van der Waals surface area contributed by atoms with Crippen LogP contribution in [0.4, 0.5) is 0 Å². The lowest BCUT2D eigenvalue weighted by atomic mass is 10.2. The minimum Gasteiger partial charge on any atom is -0.394 e. The highest BCUT2D eigenvalue weighted by molar-refractivity contribution is 5.88. The number of nitrogens with zero attached hydrogens (tertiary/aromatic N) is 2. The average molecular weight is 283 g/mol. The summed E-state index contributed by atoms with van der Waals surface area (Å²) < 4.78 is 0. The number of carbonyl (C=O) groups excluding carboxylic acids is 3. The molecule has 2 aliphatic rings. The van der Waals surface area contributed by atoms with E-state index in [9.17, 15) is 14.4 Å². The lowest BCUT2D eigenvalue weighted by Crippen LogP contribution is -2.46. The molecule has 3 amide bonds. The molecule has 0 saturated carbocycles. The molecule has 0 spiro atoms. The number of hydrogen-bond acceptors (Lipinski definition) is 4. The molecule has 112 valence electrons. The summed E-state index contributed by atoms with van der Waals surface area (Å²) >= 11 is 0. The van der Waals surface area contributed by atoms with Gasteiger partial charge in [-0.2, -0.15) is 0 Å². The smallest absolute Gasteiger partial charge is 0.242 e. The van der Waals surface area contributed by atoms with E-state index >= 15 is 0 Å². The number of carbonyl (C=O) groups is 3. The van der Waals surface area contributed by atoms with Crippen LogP contribution in [0.15, 0.2) is 0 Å². The fraction of sp³-hybridized carbons (Fsp3) is 0.769. The van der Waals surface area contributed by atoms with Crippen LogP contribution in [0, 0.1) is 0 Å². The van der Waals surface area contributed by atoms with Gasteiger partial charge in [-0.25, -0.2) is 0 Å². The van der Waals surface area contributed by atoms with Gasteiger partial charge in [0.2, 0.25) is 17.7 Å². The third-order valence-electron chi connectivity index (χ3n) is 3.85. The summed E-state index contributed by atoms with van der Waals surface area (Å²) in [5, 5.41) is 11.7. The van der Waals surface area contributed by atoms with Gasteiger partial charge in [0.1, 0.15) is 0 Å². The summed E-state index contributed by atoms with van der Waals surface area (Å²) in [6.07, 6.45) is 2.97. The molecule has 0 aromatic rings. The predicted octanol–water partition coefficient (Wildman–Crippen LogP) is -1.29. The van der Waals surface area contributed by atoms with Crippen LogP contribution < -0.4 is 5.32 Å². The van der Waals surface area contributed by atoms with Gasteiger partial charge in [0, 0.05) is 19.5 Å². The van der Waals surface area contributed by atoms with Crippen molar-refractivity contribution in [3.63, 3.8) is 0 Å². The van der Waals surface area contributed by atoms with Crippen molar-refractivity contribution in [3.05, 3.63) is 0 Å². The molecule has 2 aliphatic heterocycles. The summed E-state index contributed by atoms with van der Waals surface area (Å²) in [5.74, 6) is -0.498. The fourth-order valence-corrected chi connectivity index (χ4v) is 2.73. The van der Waals surface area contributed by atoms with E-state index in [0.717, 1.165) is 19.3 Å². The Kier molecular flexibility index (Phi) is 4.94. The number of rotatable bonds is 5. The van der Waals surface area contributed by atoms with Crippen LogP contribution >= 0.6 is 0 Å². The maximum absolute atomic E-state index is 11.9. The third kappa shape index (κ3) is 3.47. The quantitative estimate of drug-likeness (QED) is 0.657. The molecular formula is C13H21N3O4. The second-order valence-electron chi connectivity index (χ2n) is 5.26. The molecule has 0 unspecified atom stereocenters. The highest BCUT2D eigenvalue weighted by Gasteiger charge is 2.28. The lowest BCUT2D eigenvalue weighted by Gasteiger charge is -2.23. The van der Waals surface area contributed by atoms with Crippen LogP contribution in [0.5, 0.6) is 0 Å². The molecule has 20 heavy (non-hydrogen) atoms. The van der Waals surface area contributed by atoms with Gasteiger partial charge < -0.3 is 20.2 Å². The Morgan fingerprint density at radius 3 is 2.75 bits per heavy atom. The van der Waals surface area contributed by atoms with Crippen LogP contribution in [-0.4, -0.2) is 71.5 Å². The van der Waals surface area contributed by atoms with E-state index in [0.29, 0.717) is 19.5 Å². The van der Waals surface area contributed by atoms with E-state index in [4.69, 9.17) is 5.11 Å². The van der Waals surface area contributed by atoms with Crippen molar-refractivity contribution in [1.29, 1.82) is 0 Å². The zero-order valence-electron chi connectivity index (χ0n) is 11.5. The summed E-state index contributed by atoms with van der Waals surface area (Å²) in [4.78, 5) is 38.1. The molecule has 0 aromatic carbocycles. The first-order valence-corrected chi connectivity index (χ1v) is 7.06. The first kappa shape index (κ1) is 14.8. The number of amides is 3. The van der Waals surface area contributed by atoms with Crippen LogP contribution in [-0.2, 0) is 14.4 Å². The van der Waals surface area contributed by atoms with E-state index in [2.05, 4.69) is 5.32 Å². The molecule has 0 radical (unpaired) electrons. The number of aliphatic hydroxyl groups excluding tert-OH is 1. The molecule has 7 heteroatoms. The number of hydrogen-bond donors (Lipinski definition) is 2. The van der Waals surface area contributed by atoms with Gasteiger partial charge in [-0.15, -0.1) is 0 Å². The van der Waals surface area contributed by atoms with Crippen LogP contribution in [0.2, 0.25) is 0 Å². The third-order valence-corrected chi connectivity index (χ3v) is 3.85. The van der Waals surface area contributed by atoms with Crippen molar-refractivity contribution >= 4 is 17.7 Å². The Labute approximate surface area is 117 Å². The number of nitrogens with one attached hydrogen (secondary N) is 1. The topological polar surface area (TPSA) is 90.0 Å². The molecule has 7 nitrogen and oxygen atoms in total. The summed E-state index contributed by atoms with van der Waals surface area (Å²) in [7, 11) is 0. The second-order valence-corrected chi connectivity index (χ2v) is 5.26. The van der Waals surface area contributed by atoms with Gasteiger partial charge in [0.15, 0.2) is 0 Å². The SMILES string of the molecule is O=C(CN1CCCC1=O)NCC(=O)N1CCC[C@H]1CO. The molecule has 2 heterocycles. The largest absolute Gasteiger partial charge is 0.394 e. The first-order valence-electron chi connectivity index (χ1n) is 7.06. The maximum Gasteiger partial charge on any atom is 0.242 e. The van der Waals surface area contributed by atoms with Crippen molar-refractivity contribution in [3.8, 4) is 0 Å². The van der Waals surface area contributed by atoms with E-state index < -0.39 is 0 Å². The van der Waals surface area contributed by atoms with Gasteiger partial charge >= 0.3 is 0 Å². The second kappa shape index (κ2) is 6.69. The Bertz CT molecular complexity index is 399. The first-order chi connectivity index (χ1) is 9.61. The Morgan fingerprint density at radius 2 is 2.10 bits per heavy atom. The molecule has 1 atom stereocenters. The highest BCUT2D eigenvalue weighted by atomic mass is 16.3. The van der Waals surface area contributed by atoms with E-state index in [1.165, 1.54) is 4.90 Å². The Balaban J connectivity index is 1.72. The molecule has 2 saturated heterocycles. The van der Waals surface area contributed by atoms with Gasteiger partial charge in [0.25, 0.3) is 0 Å². The zero-order valence-corrected chi connectivity index (χ0v) is 11.5. The molecule has 0 aromatic heterocycles. The standard InChI is InChI=1S/C13H21N3O4/c17-9-10-3-1-6-16(10)13(20)7-14-11(18)8-15-5-2-4-12(15)19/h10,17H,1-9H2,(H,14,18)/t10-/m0/s1. The van der Waals surface area contributed by atoms with Gasteiger partial charge in [-0.05, 0) is 19.3 Å². The molecule has 2 fully saturated rings. The van der Waals surface area contributed by atoms with Crippen molar-refractivity contribution in [2.75, 3.05) is 32.8 Å². The monoisotopic (exact) mass is 283 g/mol. The molecule has 0 aliphatic carbocycles. The number of aliphatic hydroxyl groups is 1. The van der Waals surface area contributed by atoms with E-state index in [1.807, 2.05) is 0 Å². The van der Waals surface area contributed by atoms with Crippen LogP contribution in [0.1, 0.15) is 25.7 Å². The summed E-state index contributed by atoms with van der Waals surface area (Å²) in [6.45, 7) is 1.15. The maximum atomic E-state index is 11.9. The van der Waals surface area contributed by atoms with Crippen LogP contribution in [0.3, 0.4) is 0 Å². The highest BCUT2D eigenvalue weighted by Crippen LogP contribution is 2.16. The van der Waals surface area contributed by atoms with Gasteiger partial charge in [-0.1, -0.05) is 0 Å². The Hall–Kier alpha value is -1.63. The van der Waals surface area contributed by atoms with Crippen LogP contribution in [0.25, 0.3) is 0 Å². The predicted molar refractivity (Wildman–Crippen MR) is 70.6 cm³/mol. The van der Waals surface area contributed by atoms with E-state index in [-0.39, 0.29) is 43.5 Å². The minimum atomic E-state index is -0.312. The van der Waals surface area contributed by atoms with Gasteiger partial charge in [0.05, 0.1) is 25.7 Å². The van der Waals surface area contributed by atoms with E-state index in [1.54, 1.807) is 4.90 Å². The molecule has 0 bridgehead atoms. The number of likely N-dealkylation sites (tertiary alicyclic amines) is 2. The fourth-order valence-electron chi connectivity index (χ4n) is 2.73. The van der Waals surface area contributed by atoms with Crippen molar-refractivity contribution in [2.45, 2.75) is 31.7 Å². The van der Waals surface area contributed by atoms with Crippen molar-refractivity contribution in [2.24, 2.45) is 0 Å². The zero-order chi connectivity index (χ0) is 14.5. The van der Waals surface area contributed by atoms with Crippen molar-refractivity contribution in [1.82, 2.24) is 15.1 Å². The summed E-state index contributed by atoms with van der Waals surface area (Å²) in [6, 6.07) is -0.125.